The minimum atomic E-state index is -4.06. The molecular formula is C11H18F3N3. The Morgan fingerprint density at radius 1 is 1.41 bits per heavy atom. The third kappa shape index (κ3) is 6.31. The highest BCUT2D eigenvalue weighted by molar-refractivity contribution is 4.95. The Hall–Kier alpha value is -1.04. The predicted octanol–water partition coefficient (Wildman–Crippen LogP) is 2.73. The van der Waals surface area contributed by atoms with Crippen LogP contribution < -0.4 is 5.32 Å². The molecule has 1 rings (SSSR count). The fourth-order valence-electron chi connectivity index (χ4n) is 1.48. The average Bonchev–Trinajstić information content (AvgIpc) is 2.64. The van der Waals surface area contributed by atoms with Crippen LogP contribution >= 0.6 is 0 Å². The van der Waals surface area contributed by atoms with E-state index in [1.54, 1.807) is 17.1 Å². The maximum atomic E-state index is 11.9. The normalized spacial score (nSPS) is 12.0. The van der Waals surface area contributed by atoms with Gasteiger partial charge in [0.25, 0.3) is 0 Å². The third-order valence-electron chi connectivity index (χ3n) is 2.30. The van der Waals surface area contributed by atoms with Crippen molar-refractivity contribution in [1.82, 2.24) is 14.9 Å². The molecule has 0 atom stereocenters. The maximum absolute atomic E-state index is 11.9. The van der Waals surface area contributed by atoms with Crippen molar-refractivity contribution in [2.24, 2.45) is 0 Å². The second kappa shape index (κ2) is 6.64. The van der Waals surface area contributed by atoms with E-state index < -0.39 is 12.6 Å². The number of hydrogen-bond acceptors (Lipinski definition) is 2. The van der Waals surface area contributed by atoms with Crippen molar-refractivity contribution in [3.8, 4) is 0 Å². The van der Waals surface area contributed by atoms with E-state index in [2.05, 4.69) is 17.2 Å². The van der Waals surface area contributed by atoms with Crippen LogP contribution in [0.3, 0.4) is 0 Å². The van der Waals surface area contributed by atoms with Crippen LogP contribution in [0.1, 0.15) is 31.9 Å². The van der Waals surface area contributed by atoms with Gasteiger partial charge in [0.2, 0.25) is 0 Å². The number of aryl methyl sites for hydroxylation is 1. The number of aromatic nitrogens is 2. The van der Waals surface area contributed by atoms with Crippen LogP contribution in [0.15, 0.2) is 12.5 Å². The third-order valence-corrected chi connectivity index (χ3v) is 2.30. The summed E-state index contributed by atoms with van der Waals surface area (Å²) in [6, 6.07) is 0. The summed E-state index contributed by atoms with van der Waals surface area (Å²) >= 11 is 0. The zero-order chi connectivity index (χ0) is 12.7. The number of rotatable bonds is 7. The summed E-state index contributed by atoms with van der Waals surface area (Å²) in [4.78, 5) is 4.12. The van der Waals surface area contributed by atoms with Gasteiger partial charge in [0.15, 0.2) is 0 Å². The van der Waals surface area contributed by atoms with Gasteiger partial charge in [-0.15, -0.1) is 0 Å². The van der Waals surface area contributed by atoms with Gasteiger partial charge in [-0.3, -0.25) is 0 Å². The number of hydrogen-bond donors (Lipinski definition) is 1. The fraction of sp³-hybridized carbons (Fsp3) is 0.727. The van der Waals surface area contributed by atoms with Crippen LogP contribution in [0.2, 0.25) is 0 Å². The van der Waals surface area contributed by atoms with E-state index in [9.17, 15) is 13.2 Å². The van der Waals surface area contributed by atoms with Gasteiger partial charge in [0.05, 0.1) is 12.0 Å². The van der Waals surface area contributed by atoms with E-state index in [0.29, 0.717) is 13.1 Å². The molecule has 0 aliphatic rings. The monoisotopic (exact) mass is 249 g/mol. The summed E-state index contributed by atoms with van der Waals surface area (Å²) in [5.41, 5.74) is 0.866. The SMILES string of the molecule is CCCNCc1cn(CCCC(F)(F)F)cn1. The highest BCUT2D eigenvalue weighted by Gasteiger charge is 2.25. The molecule has 0 aliphatic carbocycles. The van der Waals surface area contributed by atoms with Gasteiger partial charge in [-0.05, 0) is 19.4 Å². The highest BCUT2D eigenvalue weighted by atomic mass is 19.4. The molecule has 0 bridgehead atoms. The molecule has 98 valence electrons. The van der Waals surface area contributed by atoms with Gasteiger partial charge >= 0.3 is 6.18 Å². The van der Waals surface area contributed by atoms with Crippen molar-refractivity contribution >= 4 is 0 Å². The number of nitrogens with one attached hydrogen (secondary N) is 1. The largest absolute Gasteiger partial charge is 0.389 e. The minimum Gasteiger partial charge on any atom is -0.337 e. The van der Waals surface area contributed by atoms with Crippen LogP contribution in [0, 0.1) is 0 Å². The second-order valence-corrected chi connectivity index (χ2v) is 4.00. The molecule has 0 spiro atoms. The lowest BCUT2D eigenvalue weighted by Gasteiger charge is -2.05. The Bertz CT molecular complexity index is 320. The van der Waals surface area contributed by atoms with Gasteiger partial charge < -0.3 is 9.88 Å². The topological polar surface area (TPSA) is 29.9 Å². The Morgan fingerprint density at radius 3 is 2.82 bits per heavy atom. The van der Waals surface area contributed by atoms with Crippen molar-refractivity contribution in [2.75, 3.05) is 6.54 Å². The lowest BCUT2D eigenvalue weighted by Crippen LogP contribution is -2.13. The number of nitrogens with zero attached hydrogens (tertiary/aromatic N) is 2. The van der Waals surface area contributed by atoms with E-state index in [1.165, 1.54) is 0 Å². The Balaban J connectivity index is 2.26. The van der Waals surface area contributed by atoms with Crippen LogP contribution in [0.25, 0.3) is 0 Å². The molecule has 0 fully saturated rings. The molecule has 0 radical (unpaired) electrons. The summed E-state index contributed by atoms with van der Waals surface area (Å²) in [5, 5.41) is 3.19. The van der Waals surface area contributed by atoms with Gasteiger partial charge in [-0.2, -0.15) is 13.2 Å². The minimum absolute atomic E-state index is 0.0989. The van der Waals surface area contributed by atoms with Crippen LogP contribution in [0.4, 0.5) is 13.2 Å². The highest BCUT2D eigenvalue weighted by Crippen LogP contribution is 2.21. The maximum Gasteiger partial charge on any atom is 0.389 e. The first-order valence-electron chi connectivity index (χ1n) is 5.79. The zero-order valence-corrected chi connectivity index (χ0v) is 9.93. The first kappa shape index (κ1) is 14.0. The van der Waals surface area contributed by atoms with Crippen molar-refractivity contribution in [3.05, 3.63) is 18.2 Å². The second-order valence-electron chi connectivity index (χ2n) is 4.00. The van der Waals surface area contributed by atoms with E-state index in [4.69, 9.17) is 0 Å². The van der Waals surface area contributed by atoms with Crippen molar-refractivity contribution in [3.63, 3.8) is 0 Å². The lowest BCUT2D eigenvalue weighted by molar-refractivity contribution is -0.135. The Labute approximate surface area is 99.0 Å². The van der Waals surface area contributed by atoms with Crippen molar-refractivity contribution in [2.45, 2.75) is 45.5 Å². The summed E-state index contributed by atoms with van der Waals surface area (Å²) in [7, 11) is 0. The van der Waals surface area contributed by atoms with Crippen molar-refractivity contribution in [1.29, 1.82) is 0 Å². The summed E-state index contributed by atoms with van der Waals surface area (Å²) in [5.74, 6) is 0. The summed E-state index contributed by atoms with van der Waals surface area (Å²) in [6.45, 7) is 4.02. The van der Waals surface area contributed by atoms with E-state index >= 15 is 0 Å². The fourth-order valence-corrected chi connectivity index (χ4v) is 1.48. The molecule has 0 amide bonds. The van der Waals surface area contributed by atoms with Crippen LogP contribution in [0.5, 0.6) is 0 Å². The van der Waals surface area contributed by atoms with E-state index in [-0.39, 0.29) is 6.42 Å². The predicted molar refractivity (Wildman–Crippen MR) is 59.5 cm³/mol. The first-order chi connectivity index (χ1) is 8.01. The van der Waals surface area contributed by atoms with Crippen molar-refractivity contribution < 1.29 is 13.2 Å². The molecule has 17 heavy (non-hydrogen) atoms. The number of halogens is 3. The van der Waals surface area contributed by atoms with E-state index in [1.807, 2.05) is 0 Å². The standard InChI is InChI=1S/C11H18F3N3/c1-2-5-15-7-10-8-17(9-16-10)6-3-4-11(12,13)14/h8-9,15H,2-7H2,1H3. The molecule has 1 heterocycles. The average molecular weight is 249 g/mol. The summed E-state index contributed by atoms with van der Waals surface area (Å²) in [6.07, 6.45) is -0.285. The number of imidazole rings is 1. The molecule has 0 saturated carbocycles. The van der Waals surface area contributed by atoms with Gasteiger partial charge in [0, 0.05) is 25.7 Å². The molecule has 1 N–H and O–H groups in total. The molecule has 1 aromatic rings. The van der Waals surface area contributed by atoms with Gasteiger partial charge in [0.1, 0.15) is 0 Å². The Morgan fingerprint density at radius 2 is 2.18 bits per heavy atom. The Kier molecular flexibility index (Phi) is 5.47. The van der Waals surface area contributed by atoms with Gasteiger partial charge in [-0.1, -0.05) is 6.92 Å². The van der Waals surface area contributed by atoms with Crippen LogP contribution in [-0.2, 0) is 13.1 Å². The quantitative estimate of drug-likeness (QED) is 0.753. The first-order valence-corrected chi connectivity index (χ1v) is 5.79. The lowest BCUT2D eigenvalue weighted by atomic mass is 10.3. The molecule has 1 aromatic heterocycles. The molecule has 0 aromatic carbocycles. The molecule has 0 saturated heterocycles. The molecule has 6 heteroatoms. The molecule has 0 unspecified atom stereocenters. The zero-order valence-electron chi connectivity index (χ0n) is 9.93. The molecule has 0 aliphatic heterocycles. The molecule has 3 nitrogen and oxygen atoms in total. The van der Waals surface area contributed by atoms with Crippen LogP contribution in [-0.4, -0.2) is 22.3 Å². The molecular weight excluding hydrogens is 231 g/mol. The number of alkyl halides is 3. The summed E-state index contributed by atoms with van der Waals surface area (Å²) < 4.78 is 37.5. The van der Waals surface area contributed by atoms with Gasteiger partial charge in [-0.25, -0.2) is 4.98 Å². The van der Waals surface area contributed by atoms with E-state index in [0.717, 1.165) is 18.7 Å². The smallest absolute Gasteiger partial charge is 0.337 e.